The number of hydrogen-bond donors (Lipinski definition) is 0. The number of anilines is 3. The summed E-state index contributed by atoms with van der Waals surface area (Å²) in [7, 11) is 0. The van der Waals surface area contributed by atoms with E-state index in [0.717, 1.165) is 50.1 Å². The molecule has 0 saturated heterocycles. The van der Waals surface area contributed by atoms with Crippen molar-refractivity contribution in [3.05, 3.63) is 193 Å². The molecule has 0 radical (unpaired) electrons. The van der Waals surface area contributed by atoms with Crippen LogP contribution < -0.4 is 4.90 Å². The lowest BCUT2D eigenvalue weighted by molar-refractivity contribution is 0.661. The zero-order valence-electron chi connectivity index (χ0n) is 30.1. The van der Waals surface area contributed by atoms with Crippen molar-refractivity contribution in [2.45, 2.75) is 19.3 Å². The molecule has 0 fully saturated rings. The second-order valence-corrected chi connectivity index (χ2v) is 14.9. The predicted octanol–water partition coefficient (Wildman–Crippen LogP) is 14.1. The van der Waals surface area contributed by atoms with Crippen molar-refractivity contribution in [1.29, 1.82) is 0 Å². The molecule has 0 bridgehead atoms. The zero-order valence-corrected chi connectivity index (χ0v) is 30.1. The zero-order chi connectivity index (χ0) is 36.0. The highest BCUT2D eigenvalue weighted by atomic mass is 16.3. The molecule has 8 aromatic carbocycles. The number of fused-ring (bicyclic) bond motifs is 9. The Kier molecular flexibility index (Phi) is 6.60. The van der Waals surface area contributed by atoms with Gasteiger partial charge in [-0.15, -0.1) is 0 Å². The molecule has 256 valence electrons. The lowest BCUT2D eigenvalue weighted by atomic mass is 9.81. The van der Waals surface area contributed by atoms with Gasteiger partial charge in [-0.25, -0.2) is 0 Å². The number of hydrogen-bond acceptors (Lipinski definition) is 2. The Morgan fingerprint density at radius 1 is 0.481 bits per heavy atom. The molecule has 3 heteroatoms. The molecule has 54 heavy (non-hydrogen) atoms. The van der Waals surface area contributed by atoms with Crippen LogP contribution in [-0.4, -0.2) is 4.57 Å². The van der Waals surface area contributed by atoms with Gasteiger partial charge in [-0.1, -0.05) is 129 Å². The van der Waals surface area contributed by atoms with E-state index in [1.807, 2.05) is 12.1 Å². The summed E-state index contributed by atoms with van der Waals surface area (Å²) in [6.45, 7) is 4.75. The summed E-state index contributed by atoms with van der Waals surface area (Å²) in [4.78, 5) is 2.50. The van der Waals surface area contributed by atoms with E-state index in [2.05, 4.69) is 193 Å². The Morgan fingerprint density at radius 2 is 1.13 bits per heavy atom. The third kappa shape index (κ3) is 4.42. The first-order valence-corrected chi connectivity index (χ1v) is 18.7. The number of nitrogens with zero attached hydrogens (tertiary/aromatic N) is 2. The second kappa shape index (κ2) is 11.6. The van der Waals surface area contributed by atoms with Crippen LogP contribution in [0.25, 0.3) is 71.7 Å². The van der Waals surface area contributed by atoms with Gasteiger partial charge in [0.05, 0.1) is 22.4 Å². The van der Waals surface area contributed by atoms with E-state index in [4.69, 9.17) is 4.42 Å². The fourth-order valence-corrected chi connectivity index (χ4v) is 9.16. The standard InChI is InChI=1S/C51H36N2O/c1-51(2)42-20-9-6-16-37(42)40-19-12-24-46(50(40)51)53(36-29-26-33(27-30-36)34-28-31-39-38-17-8-11-25-47(38)54-48(39)32-34)45-23-13-22-44-49(45)41-18-7-10-21-43(41)52(44)35-14-4-3-5-15-35/h3-32H,1-2H3. The van der Waals surface area contributed by atoms with Gasteiger partial charge < -0.3 is 13.9 Å². The van der Waals surface area contributed by atoms with Gasteiger partial charge in [0.1, 0.15) is 11.2 Å². The normalized spacial score (nSPS) is 13.1. The molecule has 1 aliphatic rings. The molecule has 0 saturated carbocycles. The summed E-state index contributed by atoms with van der Waals surface area (Å²) in [6, 6.07) is 65.9. The Balaban J connectivity index is 1.15. The van der Waals surface area contributed by atoms with Crippen LogP contribution in [0.5, 0.6) is 0 Å². The van der Waals surface area contributed by atoms with Crippen LogP contribution in [0.15, 0.2) is 186 Å². The molecule has 10 aromatic rings. The highest BCUT2D eigenvalue weighted by Crippen LogP contribution is 2.55. The van der Waals surface area contributed by atoms with Crippen LogP contribution in [0.3, 0.4) is 0 Å². The van der Waals surface area contributed by atoms with Crippen molar-refractivity contribution < 1.29 is 4.42 Å². The molecule has 0 unspecified atom stereocenters. The first-order chi connectivity index (χ1) is 26.6. The van der Waals surface area contributed by atoms with Gasteiger partial charge in [-0.2, -0.15) is 0 Å². The summed E-state index contributed by atoms with van der Waals surface area (Å²) < 4.78 is 8.68. The topological polar surface area (TPSA) is 21.3 Å². The Morgan fingerprint density at radius 3 is 2.00 bits per heavy atom. The summed E-state index contributed by atoms with van der Waals surface area (Å²) in [5.41, 5.74) is 16.2. The fraction of sp³-hybridized carbons (Fsp3) is 0.0588. The molecule has 0 amide bonds. The third-order valence-corrected chi connectivity index (χ3v) is 11.6. The molecule has 3 nitrogen and oxygen atoms in total. The average molecular weight is 693 g/mol. The highest BCUT2D eigenvalue weighted by Gasteiger charge is 2.39. The monoisotopic (exact) mass is 692 g/mol. The minimum absolute atomic E-state index is 0.200. The van der Waals surface area contributed by atoms with E-state index in [1.165, 1.54) is 49.7 Å². The fourth-order valence-electron chi connectivity index (χ4n) is 9.16. The quantitative estimate of drug-likeness (QED) is 0.179. The summed E-state index contributed by atoms with van der Waals surface area (Å²) >= 11 is 0. The largest absolute Gasteiger partial charge is 0.456 e. The van der Waals surface area contributed by atoms with Crippen molar-refractivity contribution >= 4 is 60.8 Å². The maximum Gasteiger partial charge on any atom is 0.136 e. The van der Waals surface area contributed by atoms with Gasteiger partial charge in [0.15, 0.2) is 0 Å². The van der Waals surface area contributed by atoms with Gasteiger partial charge in [0.2, 0.25) is 0 Å². The molecule has 0 N–H and O–H groups in total. The Labute approximate surface area is 314 Å². The molecular weight excluding hydrogens is 657 g/mol. The summed E-state index contributed by atoms with van der Waals surface area (Å²) in [5.74, 6) is 0. The van der Waals surface area contributed by atoms with Crippen molar-refractivity contribution in [1.82, 2.24) is 4.57 Å². The van der Waals surface area contributed by atoms with Crippen molar-refractivity contribution in [3.63, 3.8) is 0 Å². The lowest BCUT2D eigenvalue weighted by Crippen LogP contribution is -2.20. The smallest absolute Gasteiger partial charge is 0.136 e. The number of rotatable bonds is 5. The van der Waals surface area contributed by atoms with E-state index in [-0.39, 0.29) is 5.41 Å². The van der Waals surface area contributed by atoms with Gasteiger partial charge in [0, 0.05) is 38.3 Å². The van der Waals surface area contributed by atoms with Gasteiger partial charge in [0.25, 0.3) is 0 Å². The molecule has 2 aromatic heterocycles. The van der Waals surface area contributed by atoms with Crippen LogP contribution in [0.1, 0.15) is 25.0 Å². The van der Waals surface area contributed by atoms with E-state index >= 15 is 0 Å². The molecule has 0 atom stereocenters. The van der Waals surface area contributed by atoms with Crippen LogP contribution in [0.4, 0.5) is 17.1 Å². The summed E-state index contributed by atoms with van der Waals surface area (Å²) in [5, 5.41) is 4.74. The van der Waals surface area contributed by atoms with Crippen molar-refractivity contribution in [2.24, 2.45) is 0 Å². The molecule has 0 spiro atoms. The molecular formula is C51H36N2O. The minimum Gasteiger partial charge on any atom is -0.456 e. The van der Waals surface area contributed by atoms with Crippen LogP contribution in [-0.2, 0) is 5.41 Å². The molecule has 1 aliphatic carbocycles. The maximum absolute atomic E-state index is 6.28. The number of furan rings is 1. The predicted molar refractivity (Wildman–Crippen MR) is 226 cm³/mol. The van der Waals surface area contributed by atoms with E-state index in [0.29, 0.717) is 0 Å². The lowest BCUT2D eigenvalue weighted by Gasteiger charge is -2.32. The van der Waals surface area contributed by atoms with Crippen molar-refractivity contribution in [2.75, 3.05) is 4.90 Å². The van der Waals surface area contributed by atoms with E-state index < -0.39 is 0 Å². The minimum atomic E-state index is -0.200. The summed E-state index contributed by atoms with van der Waals surface area (Å²) in [6.07, 6.45) is 0. The SMILES string of the molecule is CC1(C)c2ccccc2-c2cccc(N(c3ccc(-c4ccc5c(c4)oc4ccccc45)cc3)c3cccc4c3c3ccccc3n4-c3ccccc3)c21. The number of para-hydroxylation sites is 3. The van der Waals surface area contributed by atoms with Crippen LogP contribution in [0, 0.1) is 0 Å². The van der Waals surface area contributed by atoms with E-state index in [1.54, 1.807) is 0 Å². The maximum atomic E-state index is 6.28. The van der Waals surface area contributed by atoms with Crippen molar-refractivity contribution in [3.8, 4) is 27.9 Å². The Hall–Kier alpha value is -6.84. The van der Waals surface area contributed by atoms with Gasteiger partial charge >= 0.3 is 0 Å². The van der Waals surface area contributed by atoms with Crippen LogP contribution in [0.2, 0.25) is 0 Å². The molecule has 11 rings (SSSR count). The third-order valence-electron chi connectivity index (χ3n) is 11.6. The van der Waals surface area contributed by atoms with Crippen LogP contribution >= 0.6 is 0 Å². The highest BCUT2D eigenvalue weighted by molar-refractivity contribution is 6.17. The van der Waals surface area contributed by atoms with Gasteiger partial charge in [-0.3, -0.25) is 0 Å². The number of benzene rings is 8. The molecule has 0 aliphatic heterocycles. The molecule has 2 heterocycles. The first-order valence-electron chi connectivity index (χ1n) is 18.7. The van der Waals surface area contributed by atoms with E-state index in [9.17, 15) is 0 Å². The first kappa shape index (κ1) is 30.8. The number of aromatic nitrogens is 1. The Bertz CT molecular complexity index is 3070. The average Bonchev–Trinajstić information content (AvgIpc) is 3.84. The second-order valence-electron chi connectivity index (χ2n) is 14.9. The van der Waals surface area contributed by atoms with Gasteiger partial charge in [-0.05, 0) is 100 Å².